The number of carbonyl (C=O) groups is 2. The lowest BCUT2D eigenvalue weighted by Gasteiger charge is -2.25. The fourth-order valence-corrected chi connectivity index (χ4v) is 3.57. The lowest BCUT2D eigenvalue weighted by molar-refractivity contribution is -0.162. The number of rotatable bonds is 2. The van der Waals surface area contributed by atoms with Gasteiger partial charge in [0.2, 0.25) is 0 Å². The maximum absolute atomic E-state index is 12.4. The van der Waals surface area contributed by atoms with Crippen LogP contribution in [-0.2, 0) is 30.9 Å². The zero-order valence-corrected chi connectivity index (χ0v) is 13.6. The third-order valence-corrected chi connectivity index (χ3v) is 4.59. The summed E-state index contributed by atoms with van der Waals surface area (Å²) < 4.78 is 9.59. The first-order valence-electron chi connectivity index (χ1n) is 7.42. The van der Waals surface area contributed by atoms with E-state index in [0.29, 0.717) is 23.1 Å². The van der Waals surface area contributed by atoms with Crippen LogP contribution < -0.4 is 5.56 Å². The summed E-state index contributed by atoms with van der Waals surface area (Å²) in [6, 6.07) is 3.45. The van der Waals surface area contributed by atoms with Crippen molar-refractivity contribution in [3.63, 3.8) is 0 Å². The number of benzene rings is 1. The van der Waals surface area contributed by atoms with Crippen molar-refractivity contribution in [1.29, 1.82) is 0 Å². The Labute approximate surface area is 137 Å². The maximum atomic E-state index is 12.4. The van der Waals surface area contributed by atoms with Crippen LogP contribution >= 0.6 is 0 Å². The molecule has 3 rings (SSSR count). The second kappa shape index (κ2) is 5.36. The van der Waals surface area contributed by atoms with Crippen molar-refractivity contribution in [3.8, 4) is 5.75 Å². The molecule has 1 aromatic carbocycles. The Kier molecular flexibility index (Phi) is 3.59. The molecule has 1 aliphatic carbocycles. The third-order valence-electron chi connectivity index (χ3n) is 4.59. The van der Waals surface area contributed by atoms with Crippen molar-refractivity contribution in [3.05, 3.63) is 39.3 Å². The van der Waals surface area contributed by atoms with Crippen molar-refractivity contribution < 1.29 is 24.2 Å². The first kappa shape index (κ1) is 16.0. The summed E-state index contributed by atoms with van der Waals surface area (Å²) in [6.07, 6.45) is 0.497. The number of fused-ring (bicyclic) bond motifs is 2. The molecule has 7 nitrogen and oxygen atoms in total. The van der Waals surface area contributed by atoms with Gasteiger partial charge in [-0.3, -0.25) is 14.4 Å². The molecule has 1 aliphatic rings. The van der Waals surface area contributed by atoms with Crippen LogP contribution in [0.5, 0.6) is 5.75 Å². The smallest absolute Gasteiger partial charge is 0.327 e. The van der Waals surface area contributed by atoms with Crippen LogP contribution in [0.4, 0.5) is 0 Å². The Bertz CT molecular complexity index is 911. The van der Waals surface area contributed by atoms with Crippen molar-refractivity contribution in [2.75, 3.05) is 14.2 Å². The predicted molar refractivity (Wildman–Crippen MR) is 85.0 cm³/mol. The van der Waals surface area contributed by atoms with E-state index in [4.69, 9.17) is 9.47 Å². The molecule has 2 N–H and O–H groups in total. The van der Waals surface area contributed by atoms with E-state index in [1.54, 1.807) is 19.1 Å². The van der Waals surface area contributed by atoms with Crippen molar-refractivity contribution >= 4 is 22.7 Å². The average molecular weight is 331 g/mol. The monoisotopic (exact) mass is 331 g/mol. The number of aromatic hydroxyl groups is 1. The van der Waals surface area contributed by atoms with E-state index >= 15 is 0 Å². The van der Waals surface area contributed by atoms with E-state index in [2.05, 4.69) is 4.98 Å². The summed E-state index contributed by atoms with van der Waals surface area (Å²) >= 11 is 0. The van der Waals surface area contributed by atoms with E-state index in [1.807, 2.05) is 0 Å². The molecular formula is C17H17NO6. The van der Waals surface area contributed by atoms with Gasteiger partial charge in [0.05, 0.1) is 19.6 Å². The van der Waals surface area contributed by atoms with Crippen LogP contribution in [0, 0.1) is 6.92 Å². The fourth-order valence-electron chi connectivity index (χ4n) is 3.57. The molecule has 24 heavy (non-hydrogen) atoms. The minimum Gasteiger partial charge on any atom is -0.507 e. The second-order valence-electron chi connectivity index (χ2n) is 5.89. The molecule has 126 valence electrons. The molecule has 0 saturated carbocycles. The average Bonchev–Trinajstić information content (AvgIpc) is 2.93. The fraction of sp³-hybridized carbons (Fsp3) is 0.353. The highest BCUT2D eigenvalue weighted by Crippen LogP contribution is 2.47. The van der Waals surface area contributed by atoms with Gasteiger partial charge in [-0.1, -0.05) is 6.07 Å². The second-order valence-corrected chi connectivity index (χ2v) is 5.89. The lowest BCUT2D eigenvalue weighted by Crippen LogP contribution is -2.43. The molecule has 0 bridgehead atoms. The van der Waals surface area contributed by atoms with Gasteiger partial charge in [0, 0.05) is 11.3 Å². The number of esters is 2. The largest absolute Gasteiger partial charge is 0.507 e. The molecule has 7 heteroatoms. The van der Waals surface area contributed by atoms with E-state index in [1.165, 1.54) is 14.2 Å². The number of aryl methyl sites for hydroxylation is 2. The van der Waals surface area contributed by atoms with Crippen LogP contribution in [-0.4, -0.2) is 36.2 Å². The minimum atomic E-state index is -1.76. The van der Waals surface area contributed by atoms with Crippen LogP contribution in [0.15, 0.2) is 16.9 Å². The molecule has 0 spiro atoms. The molecule has 1 heterocycles. The molecule has 0 fully saturated rings. The number of aromatic amines is 1. The van der Waals surface area contributed by atoms with Gasteiger partial charge in [-0.2, -0.15) is 0 Å². The zero-order valence-electron chi connectivity index (χ0n) is 13.6. The summed E-state index contributed by atoms with van der Waals surface area (Å²) in [7, 11) is 2.33. The Morgan fingerprint density at radius 3 is 2.42 bits per heavy atom. The number of carbonyl (C=O) groups excluding carboxylic acids is 2. The number of phenols is 1. The van der Waals surface area contributed by atoms with Gasteiger partial charge >= 0.3 is 11.9 Å². The molecule has 0 amide bonds. The first-order chi connectivity index (χ1) is 11.4. The lowest BCUT2D eigenvalue weighted by atomic mass is 9.80. The van der Waals surface area contributed by atoms with Crippen LogP contribution in [0.25, 0.3) is 10.8 Å². The summed E-state index contributed by atoms with van der Waals surface area (Å²) in [5, 5.41) is 11.3. The van der Waals surface area contributed by atoms with Crippen molar-refractivity contribution in [1.82, 2.24) is 4.98 Å². The highest BCUT2D eigenvalue weighted by atomic mass is 16.5. The van der Waals surface area contributed by atoms with Gasteiger partial charge in [-0.25, -0.2) is 0 Å². The maximum Gasteiger partial charge on any atom is 0.327 e. The third kappa shape index (κ3) is 1.94. The highest BCUT2D eigenvalue weighted by molar-refractivity contribution is 6.09. The first-order valence-corrected chi connectivity index (χ1v) is 7.42. The van der Waals surface area contributed by atoms with Gasteiger partial charge in [0.15, 0.2) is 5.41 Å². The Hall–Kier alpha value is -2.83. The zero-order chi connectivity index (χ0) is 17.6. The molecule has 0 radical (unpaired) electrons. The van der Waals surface area contributed by atoms with Crippen molar-refractivity contribution in [2.24, 2.45) is 0 Å². The van der Waals surface area contributed by atoms with Gasteiger partial charge in [-0.15, -0.1) is 0 Å². The topological polar surface area (TPSA) is 106 Å². The molecule has 0 saturated heterocycles. The highest BCUT2D eigenvalue weighted by Gasteiger charge is 2.56. The van der Waals surface area contributed by atoms with Crippen LogP contribution in [0.2, 0.25) is 0 Å². The number of hydrogen-bond acceptors (Lipinski definition) is 6. The SMILES string of the molecule is COC(=O)C1(C(=O)OC)CCc2cc3cc(C)[nH]c(=O)c3c(O)c21. The molecule has 1 aromatic heterocycles. The molecule has 0 unspecified atom stereocenters. The number of pyridine rings is 1. The minimum absolute atomic E-state index is 0.0402. The van der Waals surface area contributed by atoms with Gasteiger partial charge in [0.25, 0.3) is 5.56 Å². The number of phenolic OH excluding ortho intramolecular Hbond substituents is 1. The Morgan fingerprint density at radius 1 is 1.21 bits per heavy atom. The number of ether oxygens (including phenoxy) is 2. The number of methoxy groups -OCH3 is 2. The molecular weight excluding hydrogens is 314 g/mol. The predicted octanol–water partition coefficient (Wildman–Crippen LogP) is 1.07. The molecule has 0 aliphatic heterocycles. The van der Waals surface area contributed by atoms with Crippen LogP contribution in [0.1, 0.15) is 23.2 Å². The summed E-state index contributed by atoms with van der Waals surface area (Å²) in [4.78, 5) is 39.7. The van der Waals surface area contributed by atoms with E-state index in [0.717, 1.165) is 0 Å². The summed E-state index contributed by atoms with van der Waals surface area (Å²) in [5.41, 5.74) is -0.865. The molecule has 0 atom stereocenters. The Morgan fingerprint density at radius 2 is 1.83 bits per heavy atom. The van der Waals surface area contributed by atoms with E-state index in [9.17, 15) is 19.5 Å². The summed E-state index contributed by atoms with van der Waals surface area (Å²) in [5.74, 6) is -2.00. The van der Waals surface area contributed by atoms with E-state index in [-0.39, 0.29) is 23.1 Å². The van der Waals surface area contributed by atoms with Gasteiger partial charge in [-0.05, 0) is 36.8 Å². The number of nitrogens with one attached hydrogen (secondary N) is 1. The number of H-pyrrole nitrogens is 1. The standard InChI is InChI=1S/C17H17NO6/c1-8-6-10-7-9-4-5-17(15(21)23-2,16(22)24-3)12(9)13(19)11(10)14(20)18-8/h6-7,19H,4-5H2,1-3H3,(H,18,20). The number of aromatic nitrogens is 1. The number of hydrogen-bond donors (Lipinski definition) is 2. The van der Waals surface area contributed by atoms with Gasteiger partial charge in [0.1, 0.15) is 5.75 Å². The summed E-state index contributed by atoms with van der Waals surface area (Å²) in [6.45, 7) is 1.73. The van der Waals surface area contributed by atoms with E-state index < -0.39 is 22.9 Å². The van der Waals surface area contributed by atoms with Crippen molar-refractivity contribution in [2.45, 2.75) is 25.2 Å². The normalized spacial score (nSPS) is 15.1. The Balaban J connectivity index is 2.43. The van der Waals surface area contributed by atoms with Crippen LogP contribution in [0.3, 0.4) is 0 Å². The van der Waals surface area contributed by atoms with Gasteiger partial charge < -0.3 is 19.6 Å². The quantitative estimate of drug-likeness (QED) is 0.630. The molecule has 2 aromatic rings.